The summed E-state index contributed by atoms with van der Waals surface area (Å²) in [6.07, 6.45) is 2.44. The van der Waals surface area contributed by atoms with Crippen LogP contribution >= 0.6 is 0 Å². The predicted octanol–water partition coefficient (Wildman–Crippen LogP) is 1.04. The number of methoxy groups -OCH3 is 1. The van der Waals surface area contributed by atoms with Gasteiger partial charge < -0.3 is 20.7 Å². The van der Waals surface area contributed by atoms with Crippen molar-refractivity contribution in [1.29, 1.82) is 0 Å². The number of rotatable bonds is 6. The second-order valence-corrected chi connectivity index (χ2v) is 5.59. The van der Waals surface area contributed by atoms with Gasteiger partial charge in [0.05, 0.1) is 13.0 Å². The fraction of sp³-hybridized carbons (Fsp3) is 0.562. The number of nitrogen functional groups attached to an aromatic ring is 1. The summed E-state index contributed by atoms with van der Waals surface area (Å²) in [7, 11) is 1.73. The summed E-state index contributed by atoms with van der Waals surface area (Å²) in [5, 5.41) is 3.13. The Morgan fingerprint density at radius 3 is 2.62 bits per heavy atom. The molecule has 2 rings (SSSR count). The Morgan fingerprint density at radius 2 is 2.00 bits per heavy atom. The van der Waals surface area contributed by atoms with Crippen molar-refractivity contribution < 1.29 is 9.53 Å². The van der Waals surface area contributed by atoms with E-state index in [4.69, 9.17) is 10.5 Å². The van der Waals surface area contributed by atoms with E-state index >= 15 is 0 Å². The van der Waals surface area contributed by atoms with Crippen molar-refractivity contribution in [2.45, 2.75) is 25.3 Å². The van der Waals surface area contributed by atoms with E-state index in [1.165, 1.54) is 0 Å². The van der Waals surface area contributed by atoms with Crippen LogP contribution in [0.25, 0.3) is 0 Å². The molecule has 0 spiro atoms. The van der Waals surface area contributed by atoms with Crippen molar-refractivity contribution in [2.75, 3.05) is 39.1 Å². The van der Waals surface area contributed by atoms with Gasteiger partial charge in [0.15, 0.2) is 0 Å². The number of piperidine rings is 1. The van der Waals surface area contributed by atoms with E-state index in [1.807, 2.05) is 24.3 Å². The van der Waals surface area contributed by atoms with E-state index in [2.05, 4.69) is 10.2 Å². The summed E-state index contributed by atoms with van der Waals surface area (Å²) in [6.45, 7) is 3.79. The number of hydrogen-bond donors (Lipinski definition) is 2. The fourth-order valence-electron chi connectivity index (χ4n) is 2.62. The molecule has 5 nitrogen and oxygen atoms in total. The molecular weight excluding hydrogens is 266 g/mol. The molecule has 1 aliphatic heterocycles. The van der Waals surface area contributed by atoms with Crippen molar-refractivity contribution in [3.05, 3.63) is 29.8 Å². The van der Waals surface area contributed by atoms with Gasteiger partial charge in [-0.15, -0.1) is 0 Å². The lowest BCUT2D eigenvalue weighted by molar-refractivity contribution is -0.121. The minimum absolute atomic E-state index is 0.0927. The topological polar surface area (TPSA) is 67.6 Å². The van der Waals surface area contributed by atoms with Crippen LogP contribution in [0.4, 0.5) is 5.69 Å². The Morgan fingerprint density at radius 1 is 1.33 bits per heavy atom. The first-order valence-corrected chi connectivity index (χ1v) is 7.52. The van der Waals surface area contributed by atoms with Gasteiger partial charge in [-0.3, -0.25) is 4.79 Å². The quantitative estimate of drug-likeness (QED) is 0.769. The minimum atomic E-state index is 0.0927. The number of anilines is 1. The van der Waals surface area contributed by atoms with Gasteiger partial charge in [-0.25, -0.2) is 0 Å². The van der Waals surface area contributed by atoms with E-state index in [-0.39, 0.29) is 5.91 Å². The van der Waals surface area contributed by atoms with Gasteiger partial charge in [-0.05, 0) is 30.5 Å². The van der Waals surface area contributed by atoms with Crippen LogP contribution in [0.5, 0.6) is 0 Å². The summed E-state index contributed by atoms with van der Waals surface area (Å²) >= 11 is 0. The predicted molar refractivity (Wildman–Crippen MR) is 84.0 cm³/mol. The van der Waals surface area contributed by atoms with Crippen molar-refractivity contribution in [3.63, 3.8) is 0 Å². The molecular formula is C16H25N3O2. The Labute approximate surface area is 126 Å². The van der Waals surface area contributed by atoms with Gasteiger partial charge in [0.25, 0.3) is 0 Å². The highest BCUT2D eigenvalue weighted by atomic mass is 16.5. The summed E-state index contributed by atoms with van der Waals surface area (Å²) in [5.41, 5.74) is 7.36. The second kappa shape index (κ2) is 8.00. The lowest BCUT2D eigenvalue weighted by Crippen LogP contribution is -2.45. The molecule has 0 aliphatic carbocycles. The molecule has 1 aromatic rings. The maximum atomic E-state index is 12.0. The first-order chi connectivity index (χ1) is 10.2. The van der Waals surface area contributed by atoms with Crippen LogP contribution in [0.3, 0.4) is 0 Å². The highest BCUT2D eigenvalue weighted by Crippen LogP contribution is 2.11. The Balaban J connectivity index is 1.70. The van der Waals surface area contributed by atoms with Crippen LogP contribution < -0.4 is 11.1 Å². The fourth-order valence-corrected chi connectivity index (χ4v) is 2.62. The largest absolute Gasteiger partial charge is 0.399 e. The zero-order valence-corrected chi connectivity index (χ0v) is 12.7. The zero-order valence-electron chi connectivity index (χ0n) is 12.7. The lowest BCUT2D eigenvalue weighted by Gasteiger charge is -2.32. The molecule has 5 heteroatoms. The monoisotopic (exact) mass is 291 g/mol. The van der Waals surface area contributed by atoms with Crippen LogP contribution in [0.15, 0.2) is 24.3 Å². The number of nitrogens with one attached hydrogen (secondary N) is 1. The van der Waals surface area contributed by atoms with Gasteiger partial charge in [-0.1, -0.05) is 12.1 Å². The first kappa shape index (κ1) is 15.8. The molecule has 1 aromatic carbocycles. The van der Waals surface area contributed by atoms with Crippen LogP contribution in [-0.4, -0.2) is 50.2 Å². The molecule has 1 saturated heterocycles. The number of carbonyl (C=O) groups excluding carboxylic acids is 1. The summed E-state index contributed by atoms with van der Waals surface area (Å²) < 4.78 is 5.09. The average molecular weight is 291 g/mol. The normalized spacial score (nSPS) is 16.8. The Hall–Kier alpha value is -1.59. The van der Waals surface area contributed by atoms with Crippen molar-refractivity contribution in [2.24, 2.45) is 0 Å². The number of likely N-dealkylation sites (tertiary alicyclic amines) is 1. The van der Waals surface area contributed by atoms with Gasteiger partial charge >= 0.3 is 0 Å². The van der Waals surface area contributed by atoms with E-state index in [0.717, 1.165) is 50.3 Å². The molecule has 0 bridgehead atoms. The van der Waals surface area contributed by atoms with Gasteiger partial charge in [0.2, 0.25) is 5.91 Å². The number of benzene rings is 1. The van der Waals surface area contributed by atoms with Crippen LogP contribution in [-0.2, 0) is 16.0 Å². The number of ether oxygens (including phenoxy) is 1. The van der Waals surface area contributed by atoms with Gasteiger partial charge in [0, 0.05) is 38.5 Å². The molecule has 1 amide bonds. The van der Waals surface area contributed by atoms with E-state index in [0.29, 0.717) is 12.5 Å². The van der Waals surface area contributed by atoms with Crippen molar-refractivity contribution in [1.82, 2.24) is 10.2 Å². The van der Waals surface area contributed by atoms with Crippen molar-refractivity contribution in [3.8, 4) is 0 Å². The SMILES string of the molecule is COCCN1CCC(NC(=O)Cc2ccc(N)cc2)CC1. The maximum absolute atomic E-state index is 12.0. The van der Waals surface area contributed by atoms with Crippen LogP contribution in [0.1, 0.15) is 18.4 Å². The standard InChI is InChI=1S/C16H25N3O2/c1-21-11-10-19-8-6-15(7-9-19)18-16(20)12-13-2-4-14(17)5-3-13/h2-5,15H,6-12,17H2,1H3,(H,18,20). The summed E-state index contributed by atoms with van der Waals surface area (Å²) in [5.74, 6) is 0.0927. The number of hydrogen-bond acceptors (Lipinski definition) is 4. The molecule has 1 aliphatic rings. The van der Waals surface area contributed by atoms with Crippen molar-refractivity contribution >= 4 is 11.6 Å². The first-order valence-electron chi connectivity index (χ1n) is 7.52. The number of carbonyl (C=O) groups is 1. The zero-order chi connectivity index (χ0) is 15.1. The number of amides is 1. The molecule has 3 N–H and O–H groups in total. The molecule has 0 radical (unpaired) electrons. The van der Waals surface area contributed by atoms with E-state index in [1.54, 1.807) is 7.11 Å². The van der Waals surface area contributed by atoms with Crippen LogP contribution in [0, 0.1) is 0 Å². The smallest absolute Gasteiger partial charge is 0.224 e. The molecule has 0 aromatic heterocycles. The number of nitrogens with two attached hydrogens (primary N) is 1. The van der Waals surface area contributed by atoms with Gasteiger partial charge in [-0.2, -0.15) is 0 Å². The van der Waals surface area contributed by atoms with Crippen LogP contribution in [0.2, 0.25) is 0 Å². The highest BCUT2D eigenvalue weighted by Gasteiger charge is 2.20. The van der Waals surface area contributed by atoms with Gasteiger partial charge in [0.1, 0.15) is 0 Å². The highest BCUT2D eigenvalue weighted by molar-refractivity contribution is 5.79. The molecule has 0 saturated carbocycles. The third-order valence-electron chi connectivity index (χ3n) is 3.91. The van der Waals surface area contributed by atoms with E-state index in [9.17, 15) is 4.79 Å². The molecule has 1 heterocycles. The minimum Gasteiger partial charge on any atom is -0.399 e. The Kier molecular flexibility index (Phi) is 6.02. The lowest BCUT2D eigenvalue weighted by atomic mass is 10.0. The summed E-state index contributed by atoms with van der Waals surface area (Å²) in [4.78, 5) is 14.4. The summed E-state index contributed by atoms with van der Waals surface area (Å²) in [6, 6.07) is 7.77. The third kappa shape index (κ3) is 5.36. The molecule has 116 valence electrons. The maximum Gasteiger partial charge on any atom is 0.224 e. The van der Waals surface area contributed by atoms with E-state index < -0.39 is 0 Å². The average Bonchev–Trinajstić information content (AvgIpc) is 2.49. The molecule has 0 atom stereocenters. The second-order valence-electron chi connectivity index (χ2n) is 5.59. The molecule has 0 unspecified atom stereocenters. The third-order valence-corrected chi connectivity index (χ3v) is 3.91. The molecule has 1 fully saturated rings. The number of nitrogens with zero attached hydrogens (tertiary/aromatic N) is 1. The molecule has 21 heavy (non-hydrogen) atoms. The Bertz CT molecular complexity index is 439.